The molecule has 8 heteroatoms. The number of anilines is 3. The number of hydrogen-bond donors (Lipinski definition) is 3. The molecular formula is C27H26ClN5O2. The first-order valence-corrected chi connectivity index (χ1v) is 11.2. The van der Waals surface area contributed by atoms with E-state index in [1.165, 1.54) is 0 Å². The molecule has 4 aromatic rings. The highest BCUT2D eigenvalue weighted by molar-refractivity contribution is 6.29. The zero-order valence-electron chi connectivity index (χ0n) is 19.5. The lowest BCUT2D eigenvalue weighted by Crippen LogP contribution is -2.05. The number of aromatic nitrogens is 2. The molecular weight excluding hydrogens is 462 g/mol. The van der Waals surface area contributed by atoms with Gasteiger partial charge < -0.3 is 25.8 Å². The number of rotatable bonds is 9. The van der Waals surface area contributed by atoms with Gasteiger partial charge in [0.1, 0.15) is 5.15 Å². The van der Waals surface area contributed by atoms with Crippen molar-refractivity contribution in [2.75, 3.05) is 30.6 Å². The van der Waals surface area contributed by atoms with Gasteiger partial charge in [0, 0.05) is 23.9 Å². The van der Waals surface area contributed by atoms with Crippen LogP contribution in [0.1, 0.15) is 11.1 Å². The van der Waals surface area contributed by atoms with Gasteiger partial charge in [-0.1, -0.05) is 54.6 Å². The lowest BCUT2D eigenvalue weighted by molar-refractivity contribution is 0.355. The summed E-state index contributed by atoms with van der Waals surface area (Å²) in [5.74, 6) is 1.68. The standard InChI is InChI=1S/C27H26ClN5O2/c1-17(31-22-7-5-4-6-21(22)29)19-10-8-18(9-11-19)16-30-27-32-23(15-26(28)33-27)20-12-13-24(34-2)25(14-20)35-3/h4-15,31H,1,16,29H2,2-3H3,(H,30,32,33). The molecule has 1 heterocycles. The van der Waals surface area contributed by atoms with E-state index in [2.05, 4.69) is 27.2 Å². The Bertz CT molecular complexity index is 1340. The molecule has 0 aliphatic rings. The van der Waals surface area contributed by atoms with Crippen LogP contribution in [0, 0.1) is 0 Å². The number of hydrogen-bond acceptors (Lipinski definition) is 7. The quantitative estimate of drug-likeness (QED) is 0.194. The molecule has 1 aromatic heterocycles. The molecule has 35 heavy (non-hydrogen) atoms. The Balaban J connectivity index is 1.44. The van der Waals surface area contributed by atoms with E-state index < -0.39 is 0 Å². The lowest BCUT2D eigenvalue weighted by atomic mass is 10.1. The smallest absolute Gasteiger partial charge is 0.224 e. The topological polar surface area (TPSA) is 94.3 Å². The largest absolute Gasteiger partial charge is 0.493 e. The van der Waals surface area contributed by atoms with Crippen LogP contribution in [-0.2, 0) is 6.54 Å². The van der Waals surface area contributed by atoms with Crippen LogP contribution in [0.15, 0.2) is 79.4 Å². The summed E-state index contributed by atoms with van der Waals surface area (Å²) in [7, 11) is 3.19. The van der Waals surface area contributed by atoms with Gasteiger partial charge >= 0.3 is 0 Å². The molecule has 4 N–H and O–H groups in total. The second-order valence-corrected chi connectivity index (χ2v) is 8.10. The molecule has 0 aliphatic heterocycles. The van der Waals surface area contributed by atoms with Crippen LogP contribution >= 0.6 is 11.6 Å². The van der Waals surface area contributed by atoms with Gasteiger partial charge in [-0.2, -0.15) is 0 Å². The Kier molecular flexibility index (Phi) is 7.38. The van der Waals surface area contributed by atoms with E-state index in [4.69, 9.17) is 26.8 Å². The lowest BCUT2D eigenvalue weighted by Gasteiger charge is -2.13. The Labute approximate surface area is 209 Å². The molecule has 0 saturated carbocycles. The van der Waals surface area contributed by atoms with Crippen molar-refractivity contribution in [1.82, 2.24) is 9.97 Å². The van der Waals surface area contributed by atoms with Crippen molar-refractivity contribution >= 4 is 34.6 Å². The average Bonchev–Trinajstić information content (AvgIpc) is 2.88. The normalized spacial score (nSPS) is 10.5. The molecule has 0 spiro atoms. The molecule has 0 fully saturated rings. The van der Waals surface area contributed by atoms with Crippen molar-refractivity contribution in [3.05, 3.63) is 95.7 Å². The number of methoxy groups -OCH3 is 2. The van der Waals surface area contributed by atoms with Crippen LogP contribution < -0.4 is 25.8 Å². The fourth-order valence-corrected chi connectivity index (χ4v) is 3.67. The van der Waals surface area contributed by atoms with Crippen molar-refractivity contribution in [3.8, 4) is 22.8 Å². The van der Waals surface area contributed by atoms with Crippen LogP contribution in [0.2, 0.25) is 5.15 Å². The summed E-state index contributed by atoms with van der Waals surface area (Å²) in [5.41, 5.74) is 11.8. The predicted molar refractivity (Wildman–Crippen MR) is 143 cm³/mol. The Morgan fingerprint density at radius 2 is 1.69 bits per heavy atom. The third kappa shape index (κ3) is 5.83. The summed E-state index contributed by atoms with van der Waals surface area (Å²) in [4.78, 5) is 8.91. The van der Waals surface area contributed by atoms with E-state index in [1.807, 2.05) is 66.7 Å². The summed E-state index contributed by atoms with van der Waals surface area (Å²) < 4.78 is 10.7. The van der Waals surface area contributed by atoms with Gasteiger partial charge in [0.15, 0.2) is 11.5 Å². The second kappa shape index (κ2) is 10.8. The minimum absolute atomic E-state index is 0.338. The number of para-hydroxylation sites is 2. The maximum Gasteiger partial charge on any atom is 0.224 e. The van der Waals surface area contributed by atoms with Gasteiger partial charge in [0.2, 0.25) is 5.95 Å². The van der Waals surface area contributed by atoms with Crippen molar-refractivity contribution in [2.45, 2.75) is 6.54 Å². The van der Waals surface area contributed by atoms with Crippen LogP contribution in [-0.4, -0.2) is 24.2 Å². The summed E-state index contributed by atoms with van der Waals surface area (Å²) in [6.45, 7) is 4.65. The van der Waals surface area contributed by atoms with E-state index in [-0.39, 0.29) is 0 Å². The van der Waals surface area contributed by atoms with Crippen molar-refractivity contribution in [3.63, 3.8) is 0 Å². The molecule has 0 amide bonds. The highest BCUT2D eigenvalue weighted by Crippen LogP contribution is 2.32. The number of ether oxygens (including phenoxy) is 2. The van der Waals surface area contributed by atoms with E-state index in [0.29, 0.717) is 40.5 Å². The fraction of sp³-hybridized carbons (Fsp3) is 0.111. The molecule has 178 valence electrons. The Hall–Kier alpha value is -4.23. The highest BCUT2D eigenvalue weighted by Gasteiger charge is 2.10. The van der Waals surface area contributed by atoms with Gasteiger partial charge in [-0.25, -0.2) is 9.97 Å². The molecule has 0 atom stereocenters. The minimum Gasteiger partial charge on any atom is -0.493 e. The third-order valence-corrected chi connectivity index (χ3v) is 5.57. The summed E-state index contributed by atoms with van der Waals surface area (Å²) in [5, 5.41) is 6.84. The van der Waals surface area contributed by atoms with E-state index in [9.17, 15) is 0 Å². The highest BCUT2D eigenvalue weighted by atomic mass is 35.5. The fourth-order valence-electron chi connectivity index (χ4n) is 3.49. The second-order valence-electron chi connectivity index (χ2n) is 7.71. The molecule has 4 rings (SSSR count). The molecule has 0 bridgehead atoms. The zero-order chi connectivity index (χ0) is 24.8. The zero-order valence-corrected chi connectivity index (χ0v) is 20.3. The molecule has 3 aromatic carbocycles. The number of nitrogens with two attached hydrogens (primary N) is 1. The van der Waals surface area contributed by atoms with Gasteiger partial charge in [0.05, 0.1) is 31.3 Å². The predicted octanol–water partition coefficient (Wildman–Crippen LogP) is 6.09. The molecule has 0 saturated heterocycles. The SMILES string of the molecule is C=C(Nc1ccccc1N)c1ccc(CNc2nc(Cl)cc(-c3ccc(OC)c(OC)c3)n2)cc1. The molecule has 7 nitrogen and oxygen atoms in total. The summed E-state index contributed by atoms with van der Waals surface area (Å²) in [6.07, 6.45) is 0. The molecule has 0 unspecified atom stereocenters. The van der Waals surface area contributed by atoms with Crippen molar-refractivity contribution in [2.24, 2.45) is 0 Å². The molecule has 0 radical (unpaired) electrons. The maximum absolute atomic E-state index is 6.27. The summed E-state index contributed by atoms with van der Waals surface area (Å²) in [6, 6.07) is 22.9. The Morgan fingerprint density at radius 3 is 2.40 bits per heavy atom. The van der Waals surface area contributed by atoms with Crippen molar-refractivity contribution < 1.29 is 9.47 Å². The van der Waals surface area contributed by atoms with E-state index in [1.54, 1.807) is 20.3 Å². The van der Waals surface area contributed by atoms with Crippen LogP contribution in [0.3, 0.4) is 0 Å². The first-order chi connectivity index (χ1) is 17.0. The Morgan fingerprint density at radius 1 is 0.943 bits per heavy atom. The van der Waals surface area contributed by atoms with Gasteiger partial charge in [-0.3, -0.25) is 0 Å². The minimum atomic E-state index is 0.338. The third-order valence-electron chi connectivity index (χ3n) is 5.37. The number of nitrogen functional groups attached to an aromatic ring is 1. The first-order valence-electron chi connectivity index (χ1n) is 10.9. The summed E-state index contributed by atoms with van der Waals surface area (Å²) >= 11 is 6.27. The van der Waals surface area contributed by atoms with Crippen LogP contribution in [0.5, 0.6) is 11.5 Å². The number of nitrogens with one attached hydrogen (secondary N) is 2. The average molecular weight is 488 g/mol. The van der Waals surface area contributed by atoms with E-state index >= 15 is 0 Å². The maximum atomic E-state index is 6.27. The van der Waals surface area contributed by atoms with Crippen LogP contribution in [0.4, 0.5) is 17.3 Å². The first kappa shape index (κ1) is 23.9. The van der Waals surface area contributed by atoms with Gasteiger partial charge in [-0.05, 0) is 41.5 Å². The monoisotopic (exact) mass is 487 g/mol. The van der Waals surface area contributed by atoms with Crippen LogP contribution in [0.25, 0.3) is 17.0 Å². The molecule has 0 aliphatic carbocycles. The number of halogens is 1. The van der Waals surface area contributed by atoms with Crippen molar-refractivity contribution in [1.29, 1.82) is 0 Å². The van der Waals surface area contributed by atoms with E-state index in [0.717, 1.165) is 28.1 Å². The number of benzene rings is 3. The van der Waals surface area contributed by atoms with Gasteiger partial charge in [-0.15, -0.1) is 0 Å². The number of nitrogens with zero attached hydrogens (tertiary/aromatic N) is 2. The van der Waals surface area contributed by atoms with Gasteiger partial charge in [0.25, 0.3) is 0 Å².